The van der Waals surface area contributed by atoms with E-state index in [1.165, 1.54) is 77.0 Å². The molecule has 0 unspecified atom stereocenters. The quantitative estimate of drug-likeness (QED) is 0.727. The molecule has 0 aromatic carbocycles. The van der Waals surface area contributed by atoms with Gasteiger partial charge in [0, 0.05) is 12.5 Å². The Hall–Kier alpha value is -0.530. The van der Waals surface area contributed by atoms with Gasteiger partial charge in [0.25, 0.3) is 0 Å². The zero-order chi connectivity index (χ0) is 17.5. The molecule has 8 rings (SSSR count). The molecule has 2 nitrogen and oxygen atoms in total. The summed E-state index contributed by atoms with van der Waals surface area (Å²) in [6.07, 6.45) is 18.0. The molecule has 8 fully saturated rings. The van der Waals surface area contributed by atoms with Crippen LogP contribution in [0.2, 0.25) is 0 Å². The molecule has 144 valence electrons. The van der Waals surface area contributed by atoms with E-state index >= 15 is 0 Å². The van der Waals surface area contributed by atoms with E-state index in [2.05, 4.69) is 12.2 Å². The molecule has 0 saturated heterocycles. The second-order valence-corrected chi connectivity index (χ2v) is 12.2. The molecule has 8 bridgehead atoms. The molecule has 0 aromatic heterocycles. The van der Waals surface area contributed by atoms with Crippen molar-refractivity contribution in [3.05, 3.63) is 0 Å². The third kappa shape index (κ3) is 2.53. The molecule has 1 N–H and O–H groups in total. The number of hydrogen-bond acceptors (Lipinski definition) is 1. The van der Waals surface area contributed by atoms with E-state index in [4.69, 9.17) is 0 Å². The highest BCUT2D eigenvalue weighted by Gasteiger charge is 2.54. The highest BCUT2D eigenvalue weighted by atomic mass is 16.1. The zero-order valence-corrected chi connectivity index (χ0v) is 16.6. The van der Waals surface area contributed by atoms with Gasteiger partial charge in [0.2, 0.25) is 5.91 Å². The number of nitrogens with one attached hydrogen (secondary N) is 1. The monoisotopic (exact) mass is 355 g/mol. The first-order valence-corrected chi connectivity index (χ1v) is 11.8. The number of amides is 1. The summed E-state index contributed by atoms with van der Waals surface area (Å²) < 4.78 is 0. The van der Waals surface area contributed by atoms with E-state index in [-0.39, 0.29) is 0 Å². The summed E-state index contributed by atoms with van der Waals surface area (Å²) >= 11 is 0. The predicted molar refractivity (Wildman–Crippen MR) is 103 cm³/mol. The van der Waals surface area contributed by atoms with Gasteiger partial charge in [0.05, 0.1) is 0 Å². The van der Waals surface area contributed by atoms with E-state index in [1.54, 1.807) is 0 Å². The van der Waals surface area contributed by atoms with Gasteiger partial charge in [-0.2, -0.15) is 0 Å². The van der Waals surface area contributed by atoms with Gasteiger partial charge in [-0.1, -0.05) is 0 Å². The van der Waals surface area contributed by atoms with Crippen LogP contribution >= 0.6 is 0 Å². The maximum absolute atomic E-state index is 13.1. The molecule has 1 atom stereocenters. The Kier molecular flexibility index (Phi) is 3.48. The Balaban J connectivity index is 1.13. The third-order valence-corrected chi connectivity index (χ3v) is 10.1. The zero-order valence-electron chi connectivity index (χ0n) is 16.6. The van der Waals surface area contributed by atoms with Crippen LogP contribution in [0.25, 0.3) is 0 Å². The summed E-state index contributed by atoms with van der Waals surface area (Å²) in [5, 5.41) is 3.57. The van der Waals surface area contributed by atoms with E-state index in [0.29, 0.717) is 22.8 Å². The van der Waals surface area contributed by atoms with Crippen molar-refractivity contribution < 1.29 is 4.79 Å². The van der Waals surface area contributed by atoms with Crippen LogP contribution in [-0.4, -0.2) is 11.9 Å². The van der Waals surface area contributed by atoms with E-state index in [9.17, 15) is 4.79 Å². The first kappa shape index (κ1) is 16.4. The van der Waals surface area contributed by atoms with Gasteiger partial charge < -0.3 is 5.32 Å². The molecule has 26 heavy (non-hydrogen) atoms. The van der Waals surface area contributed by atoms with Crippen molar-refractivity contribution in [3.8, 4) is 0 Å². The van der Waals surface area contributed by atoms with E-state index in [1.807, 2.05) is 0 Å². The summed E-state index contributed by atoms with van der Waals surface area (Å²) in [6.45, 7) is 2.35. The van der Waals surface area contributed by atoms with Crippen LogP contribution in [0.15, 0.2) is 0 Å². The molecule has 8 saturated carbocycles. The lowest BCUT2D eigenvalue weighted by Crippen LogP contribution is -2.56. The summed E-state index contributed by atoms with van der Waals surface area (Å²) in [6, 6.07) is 0.400. The van der Waals surface area contributed by atoms with Crippen molar-refractivity contribution in [1.29, 1.82) is 0 Å². The first-order chi connectivity index (χ1) is 12.5. The minimum atomic E-state index is 0.389. The molecule has 0 radical (unpaired) electrons. The lowest BCUT2D eigenvalue weighted by Gasteiger charge is -2.59. The second-order valence-electron chi connectivity index (χ2n) is 12.2. The fourth-order valence-electron chi connectivity index (χ4n) is 10.0. The molecule has 0 spiro atoms. The van der Waals surface area contributed by atoms with Crippen LogP contribution in [0, 0.1) is 46.3 Å². The second kappa shape index (κ2) is 5.51. The van der Waals surface area contributed by atoms with E-state index in [0.717, 1.165) is 41.9 Å². The van der Waals surface area contributed by atoms with Crippen LogP contribution in [0.4, 0.5) is 0 Å². The lowest BCUT2D eigenvalue weighted by atomic mass is 9.47. The van der Waals surface area contributed by atoms with Gasteiger partial charge in [-0.25, -0.2) is 0 Å². The lowest BCUT2D eigenvalue weighted by molar-refractivity contribution is -0.133. The van der Waals surface area contributed by atoms with Crippen LogP contribution in [0.5, 0.6) is 0 Å². The average Bonchev–Trinajstić information content (AvgIpc) is 2.51. The minimum absolute atomic E-state index is 0.389. The van der Waals surface area contributed by atoms with Gasteiger partial charge in [-0.3, -0.25) is 4.79 Å². The van der Waals surface area contributed by atoms with Gasteiger partial charge >= 0.3 is 0 Å². The van der Waals surface area contributed by atoms with Gasteiger partial charge in [-0.05, 0) is 130 Å². The molecule has 8 aliphatic rings. The number of carbonyl (C=O) groups excluding carboxylic acids is 1. The van der Waals surface area contributed by atoms with Crippen molar-refractivity contribution in [1.82, 2.24) is 5.32 Å². The molecule has 0 heterocycles. The van der Waals surface area contributed by atoms with E-state index < -0.39 is 0 Å². The predicted octanol–water partition coefficient (Wildman–Crippen LogP) is 5.31. The van der Waals surface area contributed by atoms with Crippen molar-refractivity contribution in [2.24, 2.45) is 46.3 Å². The molecular weight excluding hydrogens is 318 g/mol. The van der Waals surface area contributed by atoms with Gasteiger partial charge in [-0.15, -0.1) is 0 Å². The third-order valence-electron chi connectivity index (χ3n) is 10.1. The fourth-order valence-corrected chi connectivity index (χ4v) is 10.0. The van der Waals surface area contributed by atoms with Crippen LogP contribution in [0.1, 0.15) is 90.4 Å². The van der Waals surface area contributed by atoms with Crippen molar-refractivity contribution in [2.75, 3.05) is 0 Å². The summed E-state index contributed by atoms with van der Waals surface area (Å²) in [5.74, 6) is 6.19. The first-order valence-electron chi connectivity index (χ1n) is 11.8. The SMILES string of the molecule is C[C@H](NC(=O)CC12CC3CC(CC(C3)C1)C2)C12CC3CC(CC(C3)C1)C2. The number of rotatable bonds is 4. The van der Waals surface area contributed by atoms with Crippen LogP contribution < -0.4 is 5.32 Å². The maximum Gasteiger partial charge on any atom is 0.220 e. The Morgan fingerprint density at radius 2 is 1.15 bits per heavy atom. The summed E-state index contributed by atoms with van der Waals surface area (Å²) in [5.41, 5.74) is 0.839. The Labute approximate surface area is 159 Å². The average molecular weight is 356 g/mol. The fraction of sp³-hybridized carbons (Fsp3) is 0.958. The Bertz CT molecular complexity index is 537. The molecule has 2 heteroatoms. The van der Waals surface area contributed by atoms with Gasteiger partial charge in [0.15, 0.2) is 0 Å². The van der Waals surface area contributed by atoms with Crippen LogP contribution in [0.3, 0.4) is 0 Å². The molecular formula is C24H37NO. The van der Waals surface area contributed by atoms with Crippen molar-refractivity contribution in [3.63, 3.8) is 0 Å². The summed E-state index contributed by atoms with van der Waals surface area (Å²) in [7, 11) is 0. The summed E-state index contributed by atoms with van der Waals surface area (Å²) in [4.78, 5) is 13.1. The highest BCUT2D eigenvalue weighted by molar-refractivity contribution is 5.77. The largest absolute Gasteiger partial charge is 0.353 e. The minimum Gasteiger partial charge on any atom is -0.353 e. The Morgan fingerprint density at radius 3 is 1.58 bits per heavy atom. The molecule has 0 aromatic rings. The smallest absolute Gasteiger partial charge is 0.220 e. The topological polar surface area (TPSA) is 29.1 Å². The number of hydrogen-bond donors (Lipinski definition) is 1. The highest BCUT2D eigenvalue weighted by Crippen LogP contribution is 2.62. The van der Waals surface area contributed by atoms with Gasteiger partial charge in [0.1, 0.15) is 0 Å². The maximum atomic E-state index is 13.1. The molecule has 1 amide bonds. The normalized spacial score (nSPS) is 54.5. The van der Waals surface area contributed by atoms with Crippen LogP contribution in [-0.2, 0) is 4.79 Å². The number of carbonyl (C=O) groups is 1. The molecule has 0 aliphatic heterocycles. The standard InChI is InChI=1S/C24H37NO/c1-15(24-11-19-5-20(12-24)7-21(6-19)13-24)25-22(26)14-23-8-16-2-17(9-23)4-18(3-16)10-23/h15-21H,2-14H2,1H3,(H,25,26)/t15-,16?,17?,18?,19?,20?,21?,23?,24?/m0/s1. The van der Waals surface area contributed by atoms with Crippen molar-refractivity contribution in [2.45, 2.75) is 96.4 Å². The van der Waals surface area contributed by atoms with Crippen molar-refractivity contribution >= 4 is 5.91 Å². The Morgan fingerprint density at radius 1 is 0.769 bits per heavy atom. The molecule has 8 aliphatic carbocycles.